The van der Waals surface area contributed by atoms with Crippen molar-refractivity contribution in [1.82, 2.24) is 39.2 Å². The van der Waals surface area contributed by atoms with E-state index in [1.54, 1.807) is 0 Å². The number of hydrogen-bond donors (Lipinski definition) is 0. The average molecular weight is 1210 g/mol. The summed E-state index contributed by atoms with van der Waals surface area (Å²) in [6, 6.07) is 6.83. The molecule has 0 aromatic carbocycles. The van der Waals surface area contributed by atoms with Crippen LogP contribution in [0.25, 0.3) is 0 Å². The zero-order valence-corrected chi connectivity index (χ0v) is 64.0. The third kappa shape index (κ3) is 33.5. The summed E-state index contributed by atoms with van der Waals surface area (Å²) in [6.45, 7) is 80.2. The highest BCUT2D eigenvalue weighted by molar-refractivity contribution is 4.97. The summed E-state index contributed by atoms with van der Waals surface area (Å²) in [5.41, 5.74) is 2.66. The minimum absolute atomic E-state index is 0.558. The predicted octanol–water partition coefficient (Wildman–Crippen LogP) is 19.3. The lowest BCUT2D eigenvalue weighted by Gasteiger charge is -2.40. The van der Waals surface area contributed by atoms with Gasteiger partial charge in [0.1, 0.15) is 0 Å². The number of rotatable bonds is 10. The van der Waals surface area contributed by atoms with E-state index >= 15 is 0 Å². The fourth-order valence-corrected chi connectivity index (χ4v) is 14.7. The lowest BCUT2D eigenvalue weighted by atomic mass is 9.78. The molecule has 8 nitrogen and oxygen atoms in total. The Hall–Kier alpha value is -0.320. The Labute approximate surface area is 543 Å². The summed E-state index contributed by atoms with van der Waals surface area (Å²) < 4.78 is 0. The highest BCUT2D eigenvalue weighted by atomic mass is 15.2. The van der Waals surface area contributed by atoms with Crippen molar-refractivity contribution >= 4 is 0 Å². The van der Waals surface area contributed by atoms with E-state index in [0.29, 0.717) is 16.2 Å². The maximum absolute atomic E-state index is 2.61. The molecule has 8 heterocycles. The Bertz CT molecular complexity index is 1570. The van der Waals surface area contributed by atoms with Crippen molar-refractivity contribution in [2.24, 2.45) is 39.4 Å². The highest BCUT2D eigenvalue weighted by Gasteiger charge is 2.44. The topological polar surface area (TPSA) is 25.9 Å². The molecule has 1 aliphatic carbocycles. The number of nitrogens with zero attached hydrogens (tertiary/aromatic N) is 8. The van der Waals surface area contributed by atoms with E-state index in [9.17, 15) is 0 Å². The van der Waals surface area contributed by atoms with Crippen LogP contribution < -0.4 is 0 Å². The standard InChI is InChI=1S/2C11H23N.C10H19N.2C10H21N.2C9H19N.C8H17N/c1-9(2)11-5-7-12(8-6-11)10(3)4;1-5-11(4)6-8-12(9-7-11)10(2)3;1-9(2)11-7-5-10(3-4-10)6-8-11;1-9(2)11-7-5-10(3,4)6-8-11;1-9(2)11-7-5-6-10(3,4)8-11;1-8(2)10-6-4-9(3)5-7-10;1-8(2)10-7-5-4-6-9(10)3;1-8(2)9-6-4-3-5-7-9/h9-11H,5-8H2,1-4H3;10H,5-9H2,1-4H3;9H,3-8H2,1-2H3;2*9H,5-8H2,1-4H3;2*8-9H,4-7H2,1-3H3;8H,3-7H2,1-2H3. The first-order valence-electron chi connectivity index (χ1n) is 38.1. The lowest BCUT2D eigenvalue weighted by Crippen LogP contribution is -2.43. The average Bonchev–Trinajstić information content (AvgIpc) is 2.39. The molecule has 0 amide bonds. The molecule has 0 N–H and O–H groups in total. The second-order valence-electron chi connectivity index (χ2n) is 34.4. The molecule has 1 saturated carbocycles. The zero-order chi connectivity index (χ0) is 65.0. The van der Waals surface area contributed by atoms with Crippen molar-refractivity contribution in [2.45, 2.75) is 369 Å². The molecule has 9 fully saturated rings. The fraction of sp³-hybridized carbons (Fsp3) is 1.00. The maximum atomic E-state index is 2.61. The first kappa shape index (κ1) is 81.8. The third-order valence-electron chi connectivity index (χ3n) is 23.1. The first-order valence-corrected chi connectivity index (χ1v) is 38.1. The normalized spacial score (nSPS) is 25.6. The van der Waals surface area contributed by atoms with Gasteiger partial charge in [0.05, 0.1) is 0 Å². The minimum Gasteiger partial charge on any atom is -0.301 e. The Morgan fingerprint density at radius 2 is 0.674 bits per heavy atom. The molecule has 0 bridgehead atoms. The van der Waals surface area contributed by atoms with Gasteiger partial charge in [-0.05, 0) is 364 Å². The molecule has 1 atom stereocenters. The van der Waals surface area contributed by atoms with E-state index in [-0.39, 0.29) is 0 Å². The summed E-state index contributed by atoms with van der Waals surface area (Å²) in [5, 5.41) is 0. The van der Waals surface area contributed by atoms with E-state index in [1.807, 2.05) is 0 Å². The van der Waals surface area contributed by atoms with Crippen molar-refractivity contribution in [1.29, 1.82) is 0 Å². The van der Waals surface area contributed by atoms with E-state index in [4.69, 9.17) is 0 Å². The van der Waals surface area contributed by atoms with E-state index < -0.39 is 0 Å². The summed E-state index contributed by atoms with van der Waals surface area (Å²) in [7, 11) is 0. The monoisotopic (exact) mass is 1210 g/mol. The van der Waals surface area contributed by atoms with E-state index in [2.05, 4.69) is 219 Å². The van der Waals surface area contributed by atoms with Crippen LogP contribution in [0.5, 0.6) is 0 Å². The van der Waals surface area contributed by atoms with Crippen molar-refractivity contribution in [3.05, 3.63) is 0 Å². The van der Waals surface area contributed by atoms with Crippen LogP contribution in [0, 0.1) is 39.4 Å². The molecule has 1 unspecified atom stereocenters. The maximum Gasteiger partial charge on any atom is 0.00696 e. The van der Waals surface area contributed by atoms with Crippen LogP contribution in [0.2, 0.25) is 0 Å². The third-order valence-corrected chi connectivity index (χ3v) is 23.1. The van der Waals surface area contributed by atoms with Crippen LogP contribution in [0.3, 0.4) is 0 Å². The number of likely N-dealkylation sites (tertiary alicyclic amines) is 8. The molecule has 0 aromatic heterocycles. The second-order valence-corrected chi connectivity index (χ2v) is 34.4. The zero-order valence-electron chi connectivity index (χ0n) is 64.0. The second kappa shape index (κ2) is 41.4. The van der Waals surface area contributed by atoms with Gasteiger partial charge in [-0.2, -0.15) is 0 Å². The minimum atomic E-state index is 0.558. The summed E-state index contributed by atoms with van der Waals surface area (Å²) in [5.74, 6) is 2.84. The molecule has 8 saturated heterocycles. The molecule has 0 aromatic rings. The number of piperidine rings is 8. The molecule has 8 aliphatic heterocycles. The van der Waals surface area contributed by atoms with Gasteiger partial charge in [-0.3, -0.25) is 4.90 Å². The van der Waals surface area contributed by atoms with Gasteiger partial charge in [0, 0.05) is 60.9 Å². The van der Waals surface area contributed by atoms with Crippen LogP contribution in [0.15, 0.2) is 0 Å². The van der Waals surface area contributed by atoms with Crippen molar-refractivity contribution < 1.29 is 0 Å². The molecule has 86 heavy (non-hydrogen) atoms. The highest BCUT2D eigenvalue weighted by Crippen LogP contribution is 2.53. The van der Waals surface area contributed by atoms with Gasteiger partial charge in [-0.1, -0.05) is 81.6 Å². The van der Waals surface area contributed by atoms with Crippen LogP contribution in [0.4, 0.5) is 0 Å². The van der Waals surface area contributed by atoms with Crippen molar-refractivity contribution in [3.63, 3.8) is 0 Å². The fourth-order valence-electron chi connectivity index (χ4n) is 14.7. The summed E-state index contributed by atoms with van der Waals surface area (Å²) >= 11 is 0. The van der Waals surface area contributed by atoms with E-state index in [1.165, 1.54) is 233 Å². The number of hydrogen-bond acceptors (Lipinski definition) is 8. The predicted molar refractivity (Wildman–Crippen MR) is 386 cm³/mol. The van der Waals surface area contributed by atoms with Gasteiger partial charge in [0.25, 0.3) is 0 Å². The van der Waals surface area contributed by atoms with Crippen LogP contribution in [-0.4, -0.2) is 192 Å². The van der Waals surface area contributed by atoms with Crippen molar-refractivity contribution in [3.8, 4) is 0 Å². The Kier molecular flexibility index (Phi) is 39.4. The largest absolute Gasteiger partial charge is 0.301 e. The van der Waals surface area contributed by atoms with Gasteiger partial charge in [0.2, 0.25) is 0 Å². The SMILES string of the molecule is CC(C)C1CCN(C(C)C)CC1.CC(C)N1CCC(C)(C)CC1.CC(C)N1CCC2(CC1)CC2.CC(C)N1CCCC(C)(C)C1.CC(C)N1CCCCC1.CC(C)N1CCCCC1C.CC1CCN(C(C)C)CC1.CCC1(C)CCN(C(C)C)CC1. The Morgan fingerprint density at radius 1 is 0.314 bits per heavy atom. The van der Waals surface area contributed by atoms with Crippen LogP contribution in [0.1, 0.15) is 315 Å². The Morgan fingerprint density at radius 3 is 1.00 bits per heavy atom. The quantitative estimate of drug-likeness (QED) is 0.214. The van der Waals surface area contributed by atoms with Gasteiger partial charge in [-0.25, -0.2) is 0 Å². The molecule has 9 aliphatic rings. The Balaban J connectivity index is 0.000000336. The molecule has 0 radical (unpaired) electrons. The van der Waals surface area contributed by atoms with Crippen LogP contribution in [-0.2, 0) is 0 Å². The molecular weight excluding hydrogens is 1050 g/mol. The molecule has 9 rings (SSSR count). The van der Waals surface area contributed by atoms with E-state index in [0.717, 1.165) is 77.5 Å². The molecule has 8 heteroatoms. The van der Waals surface area contributed by atoms with Gasteiger partial charge in [0.15, 0.2) is 0 Å². The summed E-state index contributed by atoms with van der Waals surface area (Å²) in [6.07, 6.45) is 29.8. The van der Waals surface area contributed by atoms with Gasteiger partial charge < -0.3 is 34.3 Å². The van der Waals surface area contributed by atoms with Gasteiger partial charge in [-0.15, -0.1) is 0 Å². The van der Waals surface area contributed by atoms with Crippen molar-refractivity contribution in [2.75, 3.05) is 98.2 Å². The summed E-state index contributed by atoms with van der Waals surface area (Å²) in [4.78, 5) is 20.7. The lowest BCUT2D eigenvalue weighted by molar-refractivity contribution is 0.0913. The molecular formula is C78H162N8. The first-order chi connectivity index (χ1) is 40.1. The molecule has 1 spiro atoms. The van der Waals surface area contributed by atoms with Gasteiger partial charge >= 0.3 is 0 Å². The van der Waals surface area contributed by atoms with Crippen LogP contribution >= 0.6 is 0 Å². The smallest absolute Gasteiger partial charge is 0.00696 e. The molecule has 514 valence electrons.